The Kier molecular flexibility index (Phi) is 5.42. The first-order valence-electron chi connectivity index (χ1n) is 10.5. The second kappa shape index (κ2) is 7.86. The lowest BCUT2D eigenvalue weighted by atomic mass is 9.82. The number of ether oxygens (including phenoxy) is 3. The van der Waals surface area contributed by atoms with Gasteiger partial charge in [-0.2, -0.15) is 0 Å². The molecular formula is C22H30N2O5. The predicted octanol–water partition coefficient (Wildman–Crippen LogP) is 2.82. The van der Waals surface area contributed by atoms with Crippen molar-refractivity contribution in [2.75, 3.05) is 13.4 Å². The first-order valence-corrected chi connectivity index (χ1v) is 10.5. The maximum Gasteiger partial charge on any atom is 0.245 e. The molecule has 1 N–H and O–H groups in total. The lowest BCUT2D eigenvalue weighted by Gasteiger charge is -2.44. The number of hydrogen-bond acceptors (Lipinski definition) is 5. The summed E-state index contributed by atoms with van der Waals surface area (Å²) in [5.74, 6) is 1.50. The standard InChI is InChI=1S/C22H30N2O5/c1-14(2)21(26)24-17(12-29-22(24)8-4-5-15(3)10-22)20(25)23-11-16-6-7-18-19(9-16)28-13-27-18/h6-7,9,14-15,17H,4-5,8,10-13H2,1-3H3,(H,23,25)/t15-,17-,22+/m0/s1. The number of fused-ring (bicyclic) bond motifs is 1. The van der Waals surface area contributed by atoms with Crippen molar-refractivity contribution in [3.05, 3.63) is 23.8 Å². The molecular weight excluding hydrogens is 372 g/mol. The van der Waals surface area contributed by atoms with Gasteiger partial charge in [0.25, 0.3) is 0 Å². The summed E-state index contributed by atoms with van der Waals surface area (Å²) in [5, 5.41) is 2.98. The average Bonchev–Trinajstić information content (AvgIpc) is 3.29. The molecule has 2 fully saturated rings. The van der Waals surface area contributed by atoms with Crippen LogP contribution in [-0.4, -0.2) is 41.9 Å². The minimum absolute atomic E-state index is 0.0140. The Morgan fingerprint density at radius 3 is 2.83 bits per heavy atom. The van der Waals surface area contributed by atoms with Gasteiger partial charge in [0.1, 0.15) is 11.8 Å². The summed E-state index contributed by atoms with van der Waals surface area (Å²) < 4.78 is 16.9. The number of amides is 2. The van der Waals surface area contributed by atoms with Gasteiger partial charge in [-0.05, 0) is 42.9 Å². The van der Waals surface area contributed by atoms with Gasteiger partial charge >= 0.3 is 0 Å². The Balaban J connectivity index is 1.48. The zero-order valence-corrected chi connectivity index (χ0v) is 17.4. The molecule has 2 aliphatic heterocycles. The molecule has 2 heterocycles. The van der Waals surface area contributed by atoms with E-state index in [9.17, 15) is 9.59 Å². The molecule has 4 rings (SSSR count). The maximum atomic E-state index is 13.1. The normalized spacial score (nSPS) is 28.2. The van der Waals surface area contributed by atoms with Crippen molar-refractivity contribution in [2.24, 2.45) is 11.8 Å². The Hall–Kier alpha value is -2.28. The lowest BCUT2D eigenvalue weighted by Crippen LogP contribution is -2.58. The van der Waals surface area contributed by atoms with Crippen LogP contribution in [0.2, 0.25) is 0 Å². The van der Waals surface area contributed by atoms with Crippen LogP contribution in [0.1, 0.15) is 52.0 Å². The van der Waals surface area contributed by atoms with Gasteiger partial charge in [0, 0.05) is 12.5 Å². The SMILES string of the molecule is CC(C)C(=O)N1[C@H](C(=O)NCc2ccc3c(c2)OCO3)CO[C@@]12CCC[C@H](C)C2. The highest BCUT2D eigenvalue weighted by Gasteiger charge is 2.54. The first-order chi connectivity index (χ1) is 13.9. The summed E-state index contributed by atoms with van der Waals surface area (Å²) >= 11 is 0. The van der Waals surface area contributed by atoms with Crippen LogP contribution in [0.15, 0.2) is 18.2 Å². The smallest absolute Gasteiger partial charge is 0.245 e. The van der Waals surface area contributed by atoms with Crippen LogP contribution in [0.25, 0.3) is 0 Å². The Morgan fingerprint density at radius 2 is 2.07 bits per heavy atom. The number of carbonyl (C=O) groups excluding carboxylic acids is 2. The fourth-order valence-electron chi connectivity index (χ4n) is 4.67. The lowest BCUT2D eigenvalue weighted by molar-refractivity contribution is -0.165. The molecule has 1 saturated carbocycles. The molecule has 158 valence electrons. The molecule has 0 aromatic heterocycles. The van der Waals surface area contributed by atoms with Gasteiger partial charge in [-0.15, -0.1) is 0 Å². The van der Waals surface area contributed by atoms with Crippen LogP contribution in [0, 0.1) is 11.8 Å². The van der Waals surface area contributed by atoms with Gasteiger partial charge in [-0.1, -0.05) is 33.3 Å². The van der Waals surface area contributed by atoms with E-state index in [4.69, 9.17) is 14.2 Å². The molecule has 7 nitrogen and oxygen atoms in total. The van der Waals surface area contributed by atoms with Gasteiger partial charge in [0.05, 0.1) is 6.61 Å². The van der Waals surface area contributed by atoms with Crippen molar-refractivity contribution in [1.29, 1.82) is 0 Å². The van der Waals surface area contributed by atoms with Crippen molar-refractivity contribution in [3.8, 4) is 11.5 Å². The number of rotatable bonds is 4. The van der Waals surface area contributed by atoms with Crippen molar-refractivity contribution in [2.45, 2.75) is 64.8 Å². The zero-order chi connectivity index (χ0) is 20.6. The van der Waals surface area contributed by atoms with E-state index in [-0.39, 0.29) is 31.1 Å². The molecule has 1 aromatic rings. The quantitative estimate of drug-likeness (QED) is 0.838. The van der Waals surface area contributed by atoms with E-state index in [0.717, 1.165) is 31.2 Å². The van der Waals surface area contributed by atoms with E-state index in [2.05, 4.69) is 12.2 Å². The molecule has 3 atom stereocenters. The fourth-order valence-corrected chi connectivity index (χ4v) is 4.67. The van der Waals surface area contributed by atoms with Crippen LogP contribution in [-0.2, 0) is 20.9 Å². The number of nitrogens with one attached hydrogen (secondary N) is 1. The number of carbonyl (C=O) groups is 2. The number of nitrogens with zero attached hydrogens (tertiary/aromatic N) is 1. The third-order valence-electron chi connectivity index (χ3n) is 6.13. The van der Waals surface area contributed by atoms with E-state index >= 15 is 0 Å². The van der Waals surface area contributed by atoms with E-state index < -0.39 is 11.8 Å². The van der Waals surface area contributed by atoms with Crippen molar-refractivity contribution >= 4 is 11.8 Å². The van der Waals surface area contributed by atoms with Gasteiger partial charge < -0.3 is 19.5 Å². The molecule has 1 aliphatic carbocycles. The van der Waals surface area contributed by atoms with Gasteiger partial charge in [-0.25, -0.2) is 0 Å². The first kappa shape index (κ1) is 20.0. The van der Waals surface area contributed by atoms with Crippen LogP contribution in [0.3, 0.4) is 0 Å². The highest BCUT2D eigenvalue weighted by atomic mass is 16.7. The molecule has 0 unspecified atom stereocenters. The fraction of sp³-hybridized carbons (Fsp3) is 0.636. The molecule has 0 bridgehead atoms. The third kappa shape index (κ3) is 3.80. The van der Waals surface area contributed by atoms with Crippen molar-refractivity contribution in [1.82, 2.24) is 10.2 Å². The molecule has 1 spiro atoms. The molecule has 0 radical (unpaired) electrons. The molecule has 7 heteroatoms. The molecule has 3 aliphatic rings. The third-order valence-corrected chi connectivity index (χ3v) is 6.13. The minimum Gasteiger partial charge on any atom is -0.454 e. The van der Waals surface area contributed by atoms with E-state index in [1.807, 2.05) is 32.0 Å². The van der Waals surface area contributed by atoms with E-state index in [0.29, 0.717) is 24.0 Å². The van der Waals surface area contributed by atoms with Crippen LogP contribution >= 0.6 is 0 Å². The summed E-state index contributed by atoms with van der Waals surface area (Å²) in [6.07, 6.45) is 3.73. The highest BCUT2D eigenvalue weighted by Crippen LogP contribution is 2.43. The summed E-state index contributed by atoms with van der Waals surface area (Å²) in [4.78, 5) is 27.9. The van der Waals surface area contributed by atoms with Gasteiger partial charge in [-0.3, -0.25) is 14.5 Å². The molecule has 1 aromatic carbocycles. The van der Waals surface area contributed by atoms with Crippen molar-refractivity contribution in [3.63, 3.8) is 0 Å². The Morgan fingerprint density at radius 1 is 1.28 bits per heavy atom. The summed E-state index contributed by atoms with van der Waals surface area (Å²) in [7, 11) is 0. The monoisotopic (exact) mass is 402 g/mol. The second-order valence-electron chi connectivity index (χ2n) is 8.74. The molecule has 1 saturated heterocycles. The summed E-state index contributed by atoms with van der Waals surface area (Å²) in [6, 6.07) is 5.02. The van der Waals surface area contributed by atoms with Crippen LogP contribution in [0.4, 0.5) is 0 Å². The number of benzene rings is 1. The predicted molar refractivity (Wildman–Crippen MR) is 106 cm³/mol. The molecule has 29 heavy (non-hydrogen) atoms. The zero-order valence-electron chi connectivity index (χ0n) is 17.4. The Bertz CT molecular complexity index is 795. The second-order valence-corrected chi connectivity index (χ2v) is 8.74. The van der Waals surface area contributed by atoms with Crippen LogP contribution < -0.4 is 14.8 Å². The average molecular weight is 402 g/mol. The summed E-state index contributed by atoms with van der Waals surface area (Å²) in [6.45, 7) is 6.77. The van der Waals surface area contributed by atoms with Crippen LogP contribution in [0.5, 0.6) is 11.5 Å². The summed E-state index contributed by atoms with van der Waals surface area (Å²) in [5.41, 5.74) is 0.281. The van der Waals surface area contributed by atoms with E-state index in [1.54, 1.807) is 4.90 Å². The number of hydrogen-bond donors (Lipinski definition) is 1. The van der Waals surface area contributed by atoms with Gasteiger partial charge in [0.15, 0.2) is 11.5 Å². The largest absolute Gasteiger partial charge is 0.454 e. The van der Waals surface area contributed by atoms with Gasteiger partial charge in [0.2, 0.25) is 18.6 Å². The highest BCUT2D eigenvalue weighted by molar-refractivity contribution is 5.89. The van der Waals surface area contributed by atoms with E-state index in [1.165, 1.54) is 0 Å². The maximum absolute atomic E-state index is 13.1. The Labute approximate surface area is 171 Å². The topological polar surface area (TPSA) is 77.1 Å². The van der Waals surface area contributed by atoms with Crippen molar-refractivity contribution < 1.29 is 23.8 Å². The minimum atomic E-state index is -0.639. The molecule has 2 amide bonds.